The van der Waals surface area contributed by atoms with Gasteiger partial charge in [-0.1, -0.05) is 18.2 Å². The van der Waals surface area contributed by atoms with E-state index in [9.17, 15) is 0 Å². The average Bonchev–Trinajstić information content (AvgIpc) is 3.06. The molecule has 120 valence electrons. The zero-order valence-corrected chi connectivity index (χ0v) is 13.0. The number of rotatable bonds is 9. The van der Waals surface area contributed by atoms with Gasteiger partial charge in [-0.15, -0.1) is 0 Å². The van der Waals surface area contributed by atoms with Crippen LogP contribution < -0.4 is 14.8 Å². The van der Waals surface area contributed by atoms with Crippen LogP contribution in [0.1, 0.15) is 6.42 Å². The number of para-hydroxylation sites is 1. The molecule has 0 aliphatic carbocycles. The van der Waals surface area contributed by atoms with Crippen molar-refractivity contribution in [2.24, 2.45) is 0 Å². The van der Waals surface area contributed by atoms with Gasteiger partial charge in [0.15, 0.2) is 0 Å². The number of benzene rings is 2. The second-order valence-corrected chi connectivity index (χ2v) is 5.23. The zero-order valence-electron chi connectivity index (χ0n) is 13.0. The largest absolute Gasteiger partial charge is 0.494 e. The van der Waals surface area contributed by atoms with Crippen molar-refractivity contribution in [3.05, 3.63) is 60.9 Å². The monoisotopic (exact) mass is 311 g/mol. The van der Waals surface area contributed by atoms with E-state index in [1.165, 1.54) is 0 Å². The summed E-state index contributed by atoms with van der Waals surface area (Å²) in [6, 6.07) is 17.7. The summed E-state index contributed by atoms with van der Waals surface area (Å²) in [7, 11) is 0. The highest BCUT2D eigenvalue weighted by molar-refractivity contribution is 5.78. The lowest BCUT2D eigenvalue weighted by Crippen LogP contribution is -2.23. The molecule has 0 spiro atoms. The van der Waals surface area contributed by atoms with Gasteiger partial charge in [-0.3, -0.25) is 0 Å². The van der Waals surface area contributed by atoms with Gasteiger partial charge in [0.2, 0.25) is 0 Å². The van der Waals surface area contributed by atoms with Crippen LogP contribution in [0.3, 0.4) is 0 Å². The van der Waals surface area contributed by atoms with Gasteiger partial charge in [0.1, 0.15) is 23.7 Å². The Bertz CT molecular complexity index is 709. The Morgan fingerprint density at radius 3 is 2.61 bits per heavy atom. The SMILES string of the molecule is c1ccc(OCCCNCCOc2ccc3occc3c2)cc1. The molecular weight excluding hydrogens is 290 g/mol. The van der Waals surface area contributed by atoms with Gasteiger partial charge in [-0.05, 0) is 49.4 Å². The molecule has 2 aromatic carbocycles. The van der Waals surface area contributed by atoms with E-state index in [2.05, 4.69) is 5.32 Å². The Kier molecular flexibility index (Phi) is 5.53. The molecular formula is C19H21NO3. The molecule has 0 aliphatic rings. The molecule has 0 atom stereocenters. The van der Waals surface area contributed by atoms with Crippen molar-refractivity contribution < 1.29 is 13.9 Å². The van der Waals surface area contributed by atoms with E-state index in [-0.39, 0.29) is 0 Å². The first kappa shape index (κ1) is 15.4. The molecule has 4 heteroatoms. The van der Waals surface area contributed by atoms with Crippen LogP contribution in [0, 0.1) is 0 Å². The molecule has 3 rings (SSSR count). The lowest BCUT2D eigenvalue weighted by Gasteiger charge is -2.08. The number of furan rings is 1. The van der Waals surface area contributed by atoms with Crippen molar-refractivity contribution in [2.45, 2.75) is 6.42 Å². The standard InChI is InChI=1S/C19H21NO3/c1-2-5-17(6-3-1)21-12-4-10-20-11-14-22-18-7-8-19-16(15-18)9-13-23-19/h1-3,5-9,13,15,20H,4,10-12,14H2. The molecule has 0 saturated carbocycles. The molecule has 1 heterocycles. The number of hydrogen-bond donors (Lipinski definition) is 1. The number of nitrogens with one attached hydrogen (secondary N) is 1. The number of fused-ring (bicyclic) bond motifs is 1. The van der Waals surface area contributed by atoms with Gasteiger partial charge in [-0.2, -0.15) is 0 Å². The molecule has 0 fully saturated rings. The van der Waals surface area contributed by atoms with Crippen LogP contribution >= 0.6 is 0 Å². The van der Waals surface area contributed by atoms with E-state index >= 15 is 0 Å². The first-order valence-corrected chi connectivity index (χ1v) is 7.90. The Morgan fingerprint density at radius 1 is 0.826 bits per heavy atom. The minimum Gasteiger partial charge on any atom is -0.494 e. The highest BCUT2D eigenvalue weighted by atomic mass is 16.5. The highest BCUT2D eigenvalue weighted by Gasteiger charge is 1.99. The van der Waals surface area contributed by atoms with Gasteiger partial charge >= 0.3 is 0 Å². The third-order valence-corrected chi connectivity index (χ3v) is 3.48. The summed E-state index contributed by atoms with van der Waals surface area (Å²) in [5.41, 5.74) is 0.883. The predicted molar refractivity (Wildman–Crippen MR) is 91.1 cm³/mol. The molecule has 1 aromatic heterocycles. The number of ether oxygens (including phenoxy) is 2. The first-order chi connectivity index (χ1) is 11.4. The van der Waals surface area contributed by atoms with E-state index in [0.717, 1.165) is 48.6 Å². The van der Waals surface area contributed by atoms with Crippen LogP contribution in [0.15, 0.2) is 65.3 Å². The third kappa shape index (κ3) is 4.76. The summed E-state index contributed by atoms with van der Waals surface area (Å²) in [5.74, 6) is 1.79. The quantitative estimate of drug-likeness (QED) is 0.609. The van der Waals surface area contributed by atoms with Crippen LogP contribution in [0.4, 0.5) is 0 Å². The Labute approximate surface area is 136 Å². The smallest absolute Gasteiger partial charge is 0.134 e. The van der Waals surface area contributed by atoms with E-state index in [1.807, 2.05) is 54.6 Å². The maximum absolute atomic E-state index is 5.72. The highest BCUT2D eigenvalue weighted by Crippen LogP contribution is 2.21. The van der Waals surface area contributed by atoms with Gasteiger partial charge in [0.25, 0.3) is 0 Å². The van der Waals surface area contributed by atoms with Gasteiger partial charge in [-0.25, -0.2) is 0 Å². The molecule has 0 bridgehead atoms. The second kappa shape index (κ2) is 8.25. The normalized spacial score (nSPS) is 10.8. The lowest BCUT2D eigenvalue weighted by atomic mass is 10.2. The van der Waals surface area contributed by atoms with E-state index in [0.29, 0.717) is 6.61 Å². The minimum absolute atomic E-state index is 0.642. The van der Waals surface area contributed by atoms with E-state index < -0.39 is 0 Å². The zero-order chi connectivity index (χ0) is 15.7. The molecule has 0 unspecified atom stereocenters. The molecule has 0 amide bonds. The van der Waals surface area contributed by atoms with E-state index in [1.54, 1.807) is 6.26 Å². The Balaban J connectivity index is 1.25. The molecule has 4 nitrogen and oxygen atoms in total. The molecule has 3 aromatic rings. The third-order valence-electron chi connectivity index (χ3n) is 3.48. The topological polar surface area (TPSA) is 43.6 Å². The van der Waals surface area contributed by atoms with Crippen molar-refractivity contribution in [1.82, 2.24) is 5.32 Å². The molecule has 0 radical (unpaired) electrons. The predicted octanol–water partition coefficient (Wildman–Crippen LogP) is 3.87. The van der Waals surface area contributed by atoms with Crippen molar-refractivity contribution in [1.29, 1.82) is 0 Å². The van der Waals surface area contributed by atoms with Crippen molar-refractivity contribution in [3.63, 3.8) is 0 Å². The average molecular weight is 311 g/mol. The maximum Gasteiger partial charge on any atom is 0.134 e. The Morgan fingerprint density at radius 2 is 1.70 bits per heavy atom. The fraction of sp³-hybridized carbons (Fsp3) is 0.263. The van der Waals surface area contributed by atoms with Crippen molar-refractivity contribution >= 4 is 11.0 Å². The first-order valence-electron chi connectivity index (χ1n) is 7.90. The minimum atomic E-state index is 0.642. The summed E-state index contributed by atoms with van der Waals surface area (Å²) in [5, 5.41) is 4.41. The maximum atomic E-state index is 5.72. The van der Waals surface area contributed by atoms with Gasteiger partial charge in [0, 0.05) is 11.9 Å². The molecule has 0 aliphatic heterocycles. The fourth-order valence-electron chi connectivity index (χ4n) is 2.30. The van der Waals surface area contributed by atoms with Gasteiger partial charge in [0.05, 0.1) is 12.9 Å². The van der Waals surface area contributed by atoms with E-state index in [4.69, 9.17) is 13.9 Å². The summed E-state index contributed by atoms with van der Waals surface area (Å²) in [6.07, 6.45) is 2.66. The lowest BCUT2D eigenvalue weighted by molar-refractivity contribution is 0.294. The van der Waals surface area contributed by atoms with Crippen molar-refractivity contribution in [3.8, 4) is 11.5 Å². The van der Waals surface area contributed by atoms with Crippen LogP contribution in [0.25, 0.3) is 11.0 Å². The molecule has 23 heavy (non-hydrogen) atoms. The van der Waals surface area contributed by atoms with Gasteiger partial charge < -0.3 is 19.2 Å². The Hall–Kier alpha value is -2.46. The van der Waals surface area contributed by atoms with Crippen molar-refractivity contribution in [2.75, 3.05) is 26.3 Å². The summed E-state index contributed by atoms with van der Waals surface area (Å²) >= 11 is 0. The fourth-order valence-corrected chi connectivity index (χ4v) is 2.30. The van der Waals surface area contributed by atoms with Crippen LogP contribution in [0.2, 0.25) is 0 Å². The van der Waals surface area contributed by atoms with Crippen LogP contribution in [-0.4, -0.2) is 26.3 Å². The second-order valence-electron chi connectivity index (χ2n) is 5.23. The summed E-state index contributed by atoms with van der Waals surface area (Å²) < 4.78 is 16.7. The molecule has 0 saturated heterocycles. The molecule has 1 N–H and O–H groups in total. The van der Waals surface area contributed by atoms with Crippen LogP contribution in [-0.2, 0) is 0 Å². The summed E-state index contributed by atoms with van der Waals surface area (Å²) in [4.78, 5) is 0. The van der Waals surface area contributed by atoms with Crippen LogP contribution in [0.5, 0.6) is 11.5 Å². The number of hydrogen-bond acceptors (Lipinski definition) is 4. The summed E-state index contributed by atoms with van der Waals surface area (Å²) in [6.45, 7) is 3.09.